The maximum atomic E-state index is 4.20. The van der Waals surface area contributed by atoms with E-state index in [0.717, 1.165) is 25.3 Å². The molecule has 0 aromatic heterocycles. The normalized spacial score (nSPS) is 11.8. The van der Waals surface area contributed by atoms with Gasteiger partial charge in [0, 0.05) is 24.3 Å². The van der Waals surface area contributed by atoms with Crippen molar-refractivity contribution in [3.05, 3.63) is 35.4 Å². The molecule has 2 heteroatoms. The molecule has 1 aromatic rings. The molecule has 0 fully saturated rings. The van der Waals surface area contributed by atoms with Crippen molar-refractivity contribution in [1.29, 1.82) is 0 Å². The molecule has 0 aliphatic heterocycles. The number of hydrogen-bond acceptors (Lipinski definition) is 2. The van der Waals surface area contributed by atoms with Gasteiger partial charge in [-0.2, -0.15) is 12.6 Å². The molecule has 0 spiro atoms. The van der Waals surface area contributed by atoms with Crippen molar-refractivity contribution < 1.29 is 0 Å². The molecule has 16 heavy (non-hydrogen) atoms. The van der Waals surface area contributed by atoms with Gasteiger partial charge >= 0.3 is 0 Å². The Hall–Kier alpha value is -0.470. The Morgan fingerprint density at radius 2 is 1.81 bits per heavy atom. The summed E-state index contributed by atoms with van der Waals surface area (Å²) in [7, 11) is 0. The quantitative estimate of drug-likeness (QED) is 0.572. The van der Waals surface area contributed by atoms with Gasteiger partial charge < -0.3 is 5.32 Å². The van der Waals surface area contributed by atoms with Crippen molar-refractivity contribution in [1.82, 2.24) is 5.32 Å². The van der Waals surface area contributed by atoms with Gasteiger partial charge in [-0.15, -0.1) is 0 Å². The molecule has 0 atom stereocenters. The Morgan fingerprint density at radius 1 is 1.19 bits per heavy atom. The Kier molecular flexibility index (Phi) is 5.36. The third kappa shape index (κ3) is 3.84. The summed E-state index contributed by atoms with van der Waals surface area (Å²) < 4.78 is 0. The standard InChI is InChI=1S/C14H23NS/c1-4-12-5-7-13(8-6-12)14(2,3)11-15-9-10-16/h5-8,15-16H,4,9-11H2,1-3H3. The van der Waals surface area contributed by atoms with Crippen LogP contribution in [0, 0.1) is 0 Å². The van der Waals surface area contributed by atoms with Crippen molar-refractivity contribution in [2.24, 2.45) is 0 Å². The van der Waals surface area contributed by atoms with E-state index in [1.807, 2.05) is 0 Å². The predicted molar refractivity (Wildman–Crippen MR) is 75.6 cm³/mol. The highest BCUT2D eigenvalue weighted by Gasteiger charge is 2.19. The van der Waals surface area contributed by atoms with Crippen molar-refractivity contribution in [3.63, 3.8) is 0 Å². The average Bonchev–Trinajstić information content (AvgIpc) is 2.29. The van der Waals surface area contributed by atoms with E-state index in [-0.39, 0.29) is 5.41 Å². The minimum atomic E-state index is 0.190. The summed E-state index contributed by atoms with van der Waals surface area (Å²) in [5, 5.41) is 3.43. The second-order valence-electron chi connectivity index (χ2n) is 4.83. The first-order valence-corrected chi connectivity index (χ1v) is 6.64. The smallest absolute Gasteiger partial charge is 0.00435 e. The lowest BCUT2D eigenvalue weighted by molar-refractivity contribution is 0.478. The minimum Gasteiger partial charge on any atom is -0.315 e. The molecule has 0 aliphatic rings. The molecule has 0 aliphatic carbocycles. The van der Waals surface area contributed by atoms with Crippen LogP contribution in [0.2, 0.25) is 0 Å². The summed E-state index contributed by atoms with van der Waals surface area (Å²) in [5.41, 5.74) is 2.99. The largest absolute Gasteiger partial charge is 0.315 e. The van der Waals surface area contributed by atoms with Gasteiger partial charge in [0.25, 0.3) is 0 Å². The molecule has 1 N–H and O–H groups in total. The van der Waals surface area contributed by atoms with Crippen molar-refractivity contribution >= 4 is 12.6 Å². The molecule has 1 aromatic carbocycles. The van der Waals surface area contributed by atoms with Crippen LogP contribution in [0.15, 0.2) is 24.3 Å². The Bertz CT molecular complexity index is 303. The van der Waals surface area contributed by atoms with Crippen LogP contribution in [0.25, 0.3) is 0 Å². The van der Waals surface area contributed by atoms with Crippen LogP contribution >= 0.6 is 12.6 Å². The molecule has 0 bridgehead atoms. The number of hydrogen-bond donors (Lipinski definition) is 2. The Labute approximate surface area is 105 Å². The molecule has 0 radical (unpaired) electrons. The maximum Gasteiger partial charge on any atom is 0.00435 e. The van der Waals surface area contributed by atoms with E-state index >= 15 is 0 Å². The molecular formula is C14H23NS. The van der Waals surface area contributed by atoms with Gasteiger partial charge in [0.05, 0.1) is 0 Å². The zero-order valence-electron chi connectivity index (χ0n) is 10.6. The Balaban J connectivity index is 2.65. The fraction of sp³-hybridized carbons (Fsp3) is 0.571. The molecule has 0 saturated carbocycles. The lowest BCUT2D eigenvalue weighted by atomic mass is 9.84. The molecule has 1 rings (SSSR count). The van der Waals surface area contributed by atoms with Crippen molar-refractivity contribution in [3.8, 4) is 0 Å². The van der Waals surface area contributed by atoms with Gasteiger partial charge in [-0.05, 0) is 17.5 Å². The van der Waals surface area contributed by atoms with E-state index in [2.05, 4.69) is 63.0 Å². The lowest BCUT2D eigenvalue weighted by Crippen LogP contribution is -2.33. The van der Waals surface area contributed by atoms with Crippen LogP contribution < -0.4 is 5.32 Å². The number of rotatable bonds is 6. The summed E-state index contributed by atoms with van der Waals surface area (Å²) >= 11 is 4.20. The van der Waals surface area contributed by atoms with Gasteiger partial charge in [0.15, 0.2) is 0 Å². The van der Waals surface area contributed by atoms with E-state index in [9.17, 15) is 0 Å². The molecule has 90 valence electrons. The van der Waals surface area contributed by atoms with E-state index < -0.39 is 0 Å². The van der Waals surface area contributed by atoms with Crippen LogP contribution in [0.3, 0.4) is 0 Å². The van der Waals surface area contributed by atoms with Gasteiger partial charge in [0.1, 0.15) is 0 Å². The molecular weight excluding hydrogens is 214 g/mol. The maximum absolute atomic E-state index is 4.20. The second kappa shape index (κ2) is 6.31. The third-order valence-electron chi connectivity index (χ3n) is 3.00. The van der Waals surface area contributed by atoms with E-state index in [0.29, 0.717) is 0 Å². The van der Waals surface area contributed by atoms with Crippen molar-refractivity contribution in [2.45, 2.75) is 32.6 Å². The summed E-state index contributed by atoms with van der Waals surface area (Å²) in [6, 6.07) is 8.97. The number of benzene rings is 1. The van der Waals surface area contributed by atoms with E-state index in [4.69, 9.17) is 0 Å². The third-order valence-corrected chi connectivity index (χ3v) is 3.22. The lowest BCUT2D eigenvalue weighted by Gasteiger charge is -2.26. The first-order valence-electron chi connectivity index (χ1n) is 6.01. The molecule has 0 unspecified atom stereocenters. The minimum absolute atomic E-state index is 0.190. The zero-order chi connectivity index (χ0) is 12.0. The molecule has 0 heterocycles. The summed E-state index contributed by atoms with van der Waals surface area (Å²) in [4.78, 5) is 0. The van der Waals surface area contributed by atoms with Crippen LogP contribution in [0.4, 0.5) is 0 Å². The zero-order valence-corrected chi connectivity index (χ0v) is 11.5. The Morgan fingerprint density at radius 3 is 2.31 bits per heavy atom. The van der Waals surface area contributed by atoms with Crippen LogP contribution in [-0.4, -0.2) is 18.8 Å². The fourth-order valence-electron chi connectivity index (χ4n) is 1.77. The fourth-order valence-corrected chi connectivity index (χ4v) is 1.93. The van der Waals surface area contributed by atoms with Gasteiger partial charge in [0.2, 0.25) is 0 Å². The highest BCUT2D eigenvalue weighted by Crippen LogP contribution is 2.22. The van der Waals surface area contributed by atoms with Gasteiger partial charge in [-0.1, -0.05) is 45.0 Å². The van der Waals surface area contributed by atoms with E-state index in [1.165, 1.54) is 11.1 Å². The first kappa shape index (κ1) is 13.6. The van der Waals surface area contributed by atoms with Crippen LogP contribution in [0.5, 0.6) is 0 Å². The summed E-state index contributed by atoms with van der Waals surface area (Å²) in [6.45, 7) is 8.71. The number of thiol groups is 1. The SMILES string of the molecule is CCc1ccc(C(C)(C)CNCCS)cc1. The second-order valence-corrected chi connectivity index (χ2v) is 5.28. The van der Waals surface area contributed by atoms with Gasteiger partial charge in [-0.3, -0.25) is 0 Å². The molecule has 0 amide bonds. The number of nitrogens with one attached hydrogen (secondary N) is 1. The predicted octanol–water partition coefficient (Wildman–Crippen LogP) is 3.05. The number of aryl methyl sites for hydroxylation is 1. The van der Waals surface area contributed by atoms with Crippen molar-refractivity contribution in [2.75, 3.05) is 18.8 Å². The monoisotopic (exact) mass is 237 g/mol. The van der Waals surface area contributed by atoms with Gasteiger partial charge in [-0.25, -0.2) is 0 Å². The highest BCUT2D eigenvalue weighted by molar-refractivity contribution is 7.80. The molecule has 1 nitrogen and oxygen atoms in total. The van der Waals surface area contributed by atoms with Crippen LogP contribution in [-0.2, 0) is 11.8 Å². The molecule has 0 saturated heterocycles. The topological polar surface area (TPSA) is 12.0 Å². The summed E-state index contributed by atoms with van der Waals surface area (Å²) in [5.74, 6) is 0.894. The average molecular weight is 237 g/mol. The first-order chi connectivity index (χ1) is 7.60. The summed E-state index contributed by atoms with van der Waals surface area (Å²) in [6.07, 6.45) is 1.11. The van der Waals surface area contributed by atoms with E-state index in [1.54, 1.807) is 0 Å². The van der Waals surface area contributed by atoms with Crippen LogP contribution in [0.1, 0.15) is 31.9 Å². The highest BCUT2D eigenvalue weighted by atomic mass is 32.1.